The summed E-state index contributed by atoms with van der Waals surface area (Å²) in [5, 5.41) is -0.00295. The summed E-state index contributed by atoms with van der Waals surface area (Å²) in [4.78, 5) is 5.89. The Kier molecular flexibility index (Phi) is 7.06. The van der Waals surface area contributed by atoms with Gasteiger partial charge in [0.25, 0.3) is 0 Å². The van der Waals surface area contributed by atoms with Gasteiger partial charge in [-0.2, -0.15) is 4.31 Å². The van der Waals surface area contributed by atoms with Crippen molar-refractivity contribution < 1.29 is 8.42 Å². The Morgan fingerprint density at radius 2 is 1.95 bits per heavy atom. The molecule has 0 aromatic carbocycles. The standard InChI is InChI=1S/C13H21BrClN3O2S/c1-10(2)9-18(6-5-17(3)4)21(19,20)12-7-11(14)8-16-13(12)15/h7-8,10H,5-6,9H2,1-4H3. The molecule has 0 radical (unpaired) electrons. The van der Waals surface area contributed by atoms with Crippen LogP contribution in [0.3, 0.4) is 0 Å². The molecule has 1 aromatic heterocycles. The number of aromatic nitrogens is 1. The summed E-state index contributed by atoms with van der Waals surface area (Å²) >= 11 is 9.21. The van der Waals surface area contributed by atoms with E-state index in [-0.39, 0.29) is 16.0 Å². The lowest BCUT2D eigenvalue weighted by molar-refractivity contribution is 0.312. The molecule has 21 heavy (non-hydrogen) atoms. The van der Waals surface area contributed by atoms with Crippen molar-refractivity contribution >= 4 is 37.6 Å². The third kappa shape index (κ3) is 5.49. The molecule has 0 fully saturated rings. The van der Waals surface area contributed by atoms with Crippen molar-refractivity contribution in [3.05, 3.63) is 21.9 Å². The van der Waals surface area contributed by atoms with Crippen molar-refractivity contribution in [2.75, 3.05) is 33.7 Å². The highest BCUT2D eigenvalue weighted by atomic mass is 79.9. The van der Waals surface area contributed by atoms with Gasteiger partial charge < -0.3 is 4.90 Å². The smallest absolute Gasteiger partial charge is 0.246 e. The highest BCUT2D eigenvalue weighted by Crippen LogP contribution is 2.26. The Bertz CT molecular complexity index is 579. The molecule has 1 rings (SSSR count). The number of halogens is 2. The number of nitrogens with zero attached hydrogens (tertiary/aromatic N) is 3. The van der Waals surface area contributed by atoms with Crippen LogP contribution >= 0.6 is 27.5 Å². The van der Waals surface area contributed by atoms with Crippen molar-refractivity contribution in [3.8, 4) is 0 Å². The summed E-state index contributed by atoms with van der Waals surface area (Å²) < 4.78 is 27.7. The molecule has 0 saturated heterocycles. The molecule has 0 unspecified atom stereocenters. The average Bonchev–Trinajstić information content (AvgIpc) is 2.36. The first-order valence-electron chi connectivity index (χ1n) is 6.60. The third-order valence-electron chi connectivity index (χ3n) is 2.76. The molecule has 0 saturated carbocycles. The van der Waals surface area contributed by atoms with Gasteiger partial charge in [0.15, 0.2) is 0 Å². The second kappa shape index (κ2) is 7.87. The molecule has 1 aromatic rings. The lowest BCUT2D eigenvalue weighted by atomic mass is 10.2. The quantitative estimate of drug-likeness (QED) is 0.663. The molecule has 0 aliphatic rings. The SMILES string of the molecule is CC(C)CN(CCN(C)C)S(=O)(=O)c1cc(Br)cnc1Cl. The van der Waals surface area contributed by atoms with E-state index >= 15 is 0 Å². The molecule has 5 nitrogen and oxygen atoms in total. The Labute approximate surface area is 140 Å². The summed E-state index contributed by atoms with van der Waals surface area (Å²) in [6.45, 7) is 5.47. The number of rotatable bonds is 7. The van der Waals surface area contributed by atoms with E-state index in [9.17, 15) is 8.42 Å². The molecular weight excluding hydrogens is 378 g/mol. The molecular formula is C13H21BrClN3O2S. The van der Waals surface area contributed by atoms with Gasteiger partial charge in [-0.25, -0.2) is 13.4 Å². The fourth-order valence-corrected chi connectivity index (χ4v) is 4.27. The highest BCUT2D eigenvalue weighted by Gasteiger charge is 2.28. The van der Waals surface area contributed by atoms with E-state index in [4.69, 9.17) is 11.6 Å². The Balaban J connectivity index is 3.16. The highest BCUT2D eigenvalue weighted by molar-refractivity contribution is 9.10. The van der Waals surface area contributed by atoms with Crippen LogP contribution in [0, 0.1) is 5.92 Å². The summed E-state index contributed by atoms with van der Waals surface area (Å²) in [5.74, 6) is 0.223. The number of pyridine rings is 1. The summed E-state index contributed by atoms with van der Waals surface area (Å²) in [6.07, 6.45) is 1.48. The van der Waals surface area contributed by atoms with Crippen LogP contribution in [-0.4, -0.2) is 56.3 Å². The fraction of sp³-hybridized carbons (Fsp3) is 0.615. The first-order chi connectivity index (χ1) is 9.64. The first-order valence-corrected chi connectivity index (χ1v) is 9.21. The van der Waals surface area contributed by atoms with Gasteiger partial charge in [-0.15, -0.1) is 0 Å². The molecule has 0 bridgehead atoms. The molecule has 8 heteroatoms. The van der Waals surface area contributed by atoms with E-state index in [0.29, 0.717) is 24.1 Å². The van der Waals surface area contributed by atoms with Crippen LogP contribution in [0.15, 0.2) is 21.6 Å². The molecule has 0 N–H and O–H groups in total. The van der Waals surface area contributed by atoms with Gasteiger partial charge in [-0.1, -0.05) is 25.4 Å². The number of sulfonamides is 1. The normalized spacial score (nSPS) is 12.6. The fourth-order valence-electron chi connectivity index (χ4n) is 1.75. The van der Waals surface area contributed by atoms with Gasteiger partial charge in [0.2, 0.25) is 10.0 Å². The third-order valence-corrected chi connectivity index (χ3v) is 5.48. The lowest BCUT2D eigenvalue weighted by Gasteiger charge is -2.25. The first kappa shape index (κ1) is 18.8. The molecule has 0 atom stereocenters. The summed E-state index contributed by atoms with van der Waals surface area (Å²) in [7, 11) is 0.158. The predicted molar refractivity (Wildman–Crippen MR) is 89.1 cm³/mol. The minimum Gasteiger partial charge on any atom is -0.308 e. The van der Waals surface area contributed by atoms with Gasteiger partial charge in [-0.05, 0) is 42.0 Å². The predicted octanol–water partition coefficient (Wildman–Crippen LogP) is 2.71. The second-order valence-corrected chi connectivity index (χ2v) is 8.68. The minimum absolute atomic E-state index is 0.00295. The molecule has 120 valence electrons. The van der Waals surface area contributed by atoms with Crippen LogP contribution in [0.1, 0.15) is 13.8 Å². The maximum atomic E-state index is 12.8. The van der Waals surface area contributed by atoms with Crippen molar-refractivity contribution in [3.63, 3.8) is 0 Å². The molecule has 0 amide bonds. The maximum Gasteiger partial charge on any atom is 0.246 e. The van der Waals surface area contributed by atoms with Gasteiger partial charge in [-0.3, -0.25) is 0 Å². The second-order valence-electron chi connectivity index (χ2n) is 5.50. The van der Waals surface area contributed by atoms with Crippen molar-refractivity contribution in [2.45, 2.75) is 18.7 Å². The van der Waals surface area contributed by atoms with E-state index in [1.165, 1.54) is 16.6 Å². The Hall–Kier alpha value is -0.210. The van der Waals surface area contributed by atoms with Crippen LogP contribution in [0.5, 0.6) is 0 Å². The van der Waals surface area contributed by atoms with Gasteiger partial charge in [0.1, 0.15) is 10.0 Å². The van der Waals surface area contributed by atoms with Gasteiger partial charge in [0, 0.05) is 30.3 Å². The maximum absolute atomic E-state index is 12.8. The zero-order valence-electron chi connectivity index (χ0n) is 12.7. The number of hydrogen-bond acceptors (Lipinski definition) is 4. The summed E-state index contributed by atoms with van der Waals surface area (Å²) in [6, 6.07) is 1.49. The van der Waals surface area contributed by atoms with Gasteiger partial charge >= 0.3 is 0 Å². The molecule has 0 aliphatic carbocycles. The van der Waals surface area contributed by atoms with E-state index < -0.39 is 10.0 Å². The van der Waals surface area contributed by atoms with E-state index in [2.05, 4.69) is 20.9 Å². The van der Waals surface area contributed by atoms with Crippen molar-refractivity contribution in [2.24, 2.45) is 5.92 Å². The molecule has 0 spiro atoms. The van der Waals surface area contributed by atoms with Crippen molar-refractivity contribution in [1.82, 2.24) is 14.2 Å². The number of likely N-dealkylation sites (N-methyl/N-ethyl adjacent to an activating group) is 1. The van der Waals surface area contributed by atoms with E-state index in [1.54, 1.807) is 0 Å². The average molecular weight is 399 g/mol. The van der Waals surface area contributed by atoms with Crippen LogP contribution in [-0.2, 0) is 10.0 Å². The lowest BCUT2D eigenvalue weighted by Crippen LogP contribution is -2.39. The van der Waals surface area contributed by atoms with Crippen LogP contribution in [0.4, 0.5) is 0 Å². The minimum atomic E-state index is -3.66. The monoisotopic (exact) mass is 397 g/mol. The Morgan fingerprint density at radius 1 is 1.33 bits per heavy atom. The van der Waals surface area contributed by atoms with E-state index in [0.717, 1.165) is 0 Å². The van der Waals surface area contributed by atoms with Crippen molar-refractivity contribution in [1.29, 1.82) is 0 Å². The summed E-state index contributed by atoms with van der Waals surface area (Å²) in [5.41, 5.74) is 0. The van der Waals surface area contributed by atoms with E-state index in [1.807, 2.05) is 32.8 Å². The number of hydrogen-bond donors (Lipinski definition) is 0. The Morgan fingerprint density at radius 3 is 2.48 bits per heavy atom. The topological polar surface area (TPSA) is 53.5 Å². The van der Waals surface area contributed by atoms with Crippen LogP contribution < -0.4 is 0 Å². The molecule has 0 aliphatic heterocycles. The van der Waals surface area contributed by atoms with Crippen LogP contribution in [0.25, 0.3) is 0 Å². The zero-order chi connectivity index (χ0) is 16.2. The molecule has 1 heterocycles. The van der Waals surface area contributed by atoms with Crippen LogP contribution in [0.2, 0.25) is 5.15 Å². The zero-order valence-corrected chi connectivity index (χ0v) is 15.8. The van der Waals surface area contributed by atoms with Gasteiger partial charge in [0.05, 0.1) is 0 Å². The largest absolute Gasteiger partial charge is 0.308 e.